The van der Waals surface area contributed by atoms with Gasteiger partial charge < -0.3 is 5.11 Å². The minimum absolute atomic E-state index is 0. The molecule has 0 saturated carbocycles. The normalized spacial score (nSPS) is 10.6. The van der Waals surface area contributed by atoms with Gasteiger partial charge in [0.15, 0.2) is 0 Å². The molecule has 0 aliphatic carbocycles. The van der Waals surface area contributed by atoms with Crippen LogP contribution in [-0.2, 0) is 0 Å². The Labute approximate surface area is 113 Å². The van der Waals surface area contributed by atoms with Crippen LogP contribution in [0.1, 0.15) is 50.7 Å². The summed E-state index contributed by atoms with van der Waals surface area (Å²) in [5.41, 5.74) is 1.38. The number of phenolic OH excluding ortho intramolecular Hbond substituents is 1. The van der Waals surface area contributed by atoms with Gasteiger partial charge in [-0.25, -0.2) is 4.39 Å². The molecule has 0 aliphatic heterocycles. The maximum absolute atomic E-state index is 13.2. The van der Waals surface area contributed by atoms with E-state index >= 15 is 0 Å². The first-order valence-electron chi connectivity index (χ1n) is 4.95. The molecule has 0 bridgehead atoms. The minimum atomic E-state index is -0.268. The monoisotopic (exact) mass is 220 g/mol. The van der Waals surface area contributed by atoms with E-state index in [1.165, 1.54) is 12.1 Å². The van der Waals surface area contributed by atoms with Crippen molar-refractivity contribution in [1.82, 2.24) is 0 Å². The van der Waals surface area contributed by atoms with Crippen molar-refractivity contribution in [3.63, 3.8) is 0 Å². The van der Waals surface area contributed by atoms with E-state index in [-0.39, 0.29) is 53.0 Å². The second kappa shape index (κ2) is 5.88. The van der Waals surface area contributed by atoms with Crippen LogP contribution in [0.5, 0.6) is 5.75 Å². The molecule has 15 heavy (non-hydrogen) atoms. The second-order valence-electron chi connectivity index (χ2n) is 4.24. The van der Waals surface area contributed by atoms with E-state index < -0.39 is 0 Å². The van der Waals surface area contributed by atoms with Crippen molar-refractivity contribution in [1.29, 1.82) is 0 Å². The van der Waals surface area contributed by atoms with Crippen LogP contribution < -0.4 is 0 Å². The van der Waals surface area contributed by atoms with Gasteiger partial charge >= 0.3 is 29.6 Å². The molecule has 0 heterocycles. The molecule has 0 aliphatic rings. The summed E-state index contributed by atoms with van der Waals surface area (Å²) < 4.78 is 13.2. The molecule has 0 fully saturated rings. The maximum atomic E-state index is 13.2. The molecule has 0 amide bonds. The number of hydrogen-bond donors (Lipinski definition) is 1. The summed E-state index contributed by atoms with van der Waals surface area (Å²) >= 11 is 0. The van der Waals surface area contributed by atoms with Crippen molar-refractivity contribution in [2.75, 3.05) is 0 Å². The van der Waals surface area contributed by atoms with Crippen LogP contribution in [0.3, 0.4) is 0 Å². The standard InChI is InChI=1S/C12H17FO.Na.H/c1-7(2)10-5-9(13)6-11(8(3)4)12(10)14;;/h5-8,14H,1-4H3;;. The summed E-state index contributed by atoms with van der Waals surface area (Å²) in [6.45, 7) is 7.77. The summed E-state index contributed by atoms with van der Waals surface area (Å²) in [6, 6.07) is 2.82. The number of hydrogen-bond acceptors (Lipinski definition) is 1. The van der Waals surface area contributed by atoms with Crippen molar-refractivity contribution in [2.24, 2.45) is 0 Å². The third-order valence-corrected chi connectivity index (χ3v) is 2.38. The molecule has 0 spiro atoms. The molecule has 0 saturated heterocycles. The molecule has 1 nitrogen and oxygen atoms in total. The van der Waals surface area contributed by atoms with Gasteiger partial charge in [-0.1, -0.05) is 27.7 Å². The fourth-order valence-corrected chi connectivity index (χ4v) is 1.52. The third-order valence-electron chi connectivity index (χ3n) is 2.38. The third kappa shape index (κ3) is 3.47. The van der Waals surface area contributed by atoms with E-state index in [4.69, 9.17) is 0 Å². The molecule has 3 heteroatoms. The van der Waals surface area contributed by atoms with E-state index in [2.05, 4.69) is 0 Å². The Kier molecular flexibility index (Phi) is 5.86. The Hall–Kier alpha value is -0.0500. The van der Waals surface area contributed by atoms with Gasteiger partial charge in [-0.3, -0.25) is 0 Å². The Morgan fingerprint density at radius 1 is 1.00 bits per heavy atom. The molecule has 1 N–H and O–H groups in total. The first kappa shape index (κ1) is 14.9. The van der Waals surface area contributed by atoms with Gasteiger partial charge in [0.1, 0.15) is 11.6 Å². The van der Waals surface area contributed by atoms with Crippen molar-refractivity contribution in [3.8, 4) is 5.75 Å². The van der Waals surface area contributed by atoms with Crippen molar-refractivity contribution in [2.45, 2.75) is 39.5 Å². The Morgan fingerprint density at radius 3 is 1.60 bits per heavy atom. The average Bonchev–Trinajstić information content (AvgIpc) is 2.07. The molecule has 0 unspecified atom stereocenters. The zero-order valence-corrected chi connectivity index (χ0v) is 9.13. The van der Waals surface area contributed by atoms with Crippen LogP contribution in [0, 0.1) is 5.82 Å². The van der Waals surface area contributed by atoms with Gasteiger partial charge in [0.2, 0.25) is 0 Å². The average molecular weight is 220 g/mol. The zero-order valence-electron chi connectivity index (χ0n) is 9.13. The predicted molar refractivity (Wildman–Crippen MR) is 63.4 cm³/mol. The molecule has 80 valence electrons. The zero-order chi connectivity index (χ0) is 10.9. The summed E-state index contributed by atoms with van der Waals surface area (Å²) in [7, 11) is 0. The van der Waals surface area contributed by atoms with Crippen molar-refractivity contribution < 1.29 is 9.50 Å². The van der Waals surface area contributed by atoms with Crippen molar-refractivity contribution >= 4 is 29.6 Å². The first-order valence-corrected chi connectivity index (χ1v) is 4.95. The van der Waals surface area contributed by atoms with Crippen LogP contribution in [0.15, 0.2) is 12.1 Å². The van der Waals surface area contributed by atoms with E-state index in [1.54, 1.807) is 0 Å². The van der Waals surface area contributed by atoms with Crippen LogP contribution in [0.25, 0.3) is 0 Å². The van der Waals surface area contributed by atoms with Gasteiger partial charge in [-0.2, -0.15) is 0 Å². The Morgan fingerprint density at radius 2 is 1.33 bits per heavy atom. The summed E-state index contributed by atoms with van der Waals surface area (Å²) in [5.74, 6) is 0.262. The molecular weight excluding hydrogens is 202 g/mol. The molecule has 0 aromatic heterocycles. The Bertz CT molecular complexity index is 305. The SMILES string of the molecule is CC(C)c1cc(F)cc(C(C)C)c1O.[NaH]. The van der Waals surface area contributed by atoms with E-state index in [0.29, 0.717) is 11.1 Å². The van der Waals surface area contributed by atoms with Crippen LogP contribution >= 0.6 is 0 Å². The first-order chi connectivity index (χ1) is 6.43. The molecule has 1 aromatic rings. The number of aromatic hydroxyl groups is 1. The number of benzene rings is 1. The van der Waals surface area contributed by atoms with Gasteiger partial charge in [0.25, 0.3) is 0 Å². The number of phenols is 1. The van der Waals surface area contributed by atoms with Crippen molar-refractivity contribution in [3.05, 3.63) is 29.1 Å². The molecule has 1 rings (SSSR count). The topological polar surface area (TPSA) is 20.2 Å². The number of halogens is 1. The predicted octanol–water partition coefficient (Wildman–Crippen LogP) is 3.13. The fraction of sp³-hybridized carbons (Fsp3) is 0.500. The quantitative estimate of drug-likeness (QED) is 0.759. The van der Waals surface area contributed by atoms with Gasteiger partial charge in [0.05, 0.1) is 0 Å². The number of rotatable bonds is 2. The van der Waals surface area contributed by atoms with Crippen LogP contribution in [-0.4, -0.2) is 34.7 Å². The fourth-order valence-electron chi connectivity index (χ4n) is 1.52. The summed E-state index contributed by atoms with van der Waals surface area (Å²) in [6.07, 6.45) is 0. The van der Waals surface area contributed by atoms with E-state index in [9.17, 15) is 9.50 Å². The second-order valence-corrected chi connectivity index (χ2v) is 4.24. The molecule has 0 radical (unpaired) electrons. The van der Waals surface area contributed by atoms with Gasteiger partial charge in [-0.05, 0) is 35.1 Å². The summed E-state index contributed by atoms with van der Waals surface area (Å²) in [4.78, 5) is 0. The van der Waals surface area contributed by atoms with Crippen LogP contribution in [0.4, 0.5) is 4.39 Å². The van der Waals surface area contributed by atoms with Crippen LogP contribution in [0.2, 0.25) is 0 Å². The molecule has 0 atom stereocenters. The van der Waals surface area contributed by atoms with Gasteiger partial charge in [-0.15, -0.1) is 0 Å². The van der Waals surface area contributed by atoms with E-state index in [0.717, 1.165) is 0 Å². The Balaban J connectivity index is 0.00000196. The van der Waals surface area contributed by atoms with Gasteiger partial charge in [0, 0.05) is 0 Å². The molecular formula is C12H18FNaO. The van der Waals surface area contributed by atoms with E-state index in [1.807, 2.05) is 27.7 Å². The summed E-state index contributed by atoms with van der Waals surface area (Å²) in [5, 5.41) is 9.89. The molecule has 1 aromatic carbocycles.